The zero-order chi connectivity index (χ0) is 18.2. The van der Waals surface area contributed by atoms with Gasteiger partial charge in [-0.3, -0.25) is 0 Å². The lowest BCUT2D eigenvalue weighted by molar-refractivity contribution is 0.0525. The summed E-state index contributed by atoms with van der Waals surface area (Å²) in [7, 11) is 5.59. The van der Waals surface area contributed by atoms with Gasteiger partial charge in [-0.15, -0.1) is 0 Å². The van der Waals surface area contributed by atoms with E-state index in [-0.39, 0.29) is 0 Å². The molecule has 0 unspecified atom stereocenters. The average Bonchev–Trinajstić information content (AvgIpc) is 2.61. The Bertz CT molecular complexity index is 596. The van der Waals surface area contributed by atoms with Crippen molar-refractivity contribution in [2.45, 2.75) is 44.8 Å². The van der Waals surface area contributed by atoms with Crippen LogP contribution in [0.3, 0.4) is 0 Å². The molecule has 1 heterocycles. The van der Waals surface area contributed by atoms with E-state index >= 15 is 0 Å². The predicted octanol–water partition coefficient (Wildman–Crippen LogP) is 2.56. The molecule has 1 aromatic heterocycles. The van der Waals surface area contributed by atoms with Crippen LogP contribution in [0.15, 0.2) is 12.4 Å². The number of hydrogen-bond acceptors (Lipinski definition) is 7. The lowest BCUT2D eigenvalue weighted by Gasteiger charge is -2.28. The van der Waals surface area contributed by atoms with E-state index in [9.17, 15) is 4.79 Å². The summed E-state index contributed by atoms with van der Waals surface area (Å²) in [5, 5.41) is 3.37. The molecule has 1 aliphatic rings. The third kappa shape index (κ3) is 5.70. The molecule has 1 aliphatic carbocycles. The van der Waals surface area contributed by atoms with Crippen LogP contribution in [0, 0.1) is 0 Å². The van der Waals surface area contributed by atoms with Gasteiger partial charge in [0.05, 0.1) is 18.4 Å². The van der Waals surface area contributed by atoms with Gasteiger partial charge in [0.1, 0.15) is 5.56 Å². The van der Waals surface area contributed by atoms with Crippen molar-refractivity contribution in [1.82, 2.24) is 14.9 Å². The molecule has 0 radical (unpaired) electrons. The second-order valence-electron chi connectivity index (χ2n) is 6.35. The molecule has 0 bridgehead atoms. The van der Waals surface area contributed by atoms with Crippen molar-refractivity contribution in [2.24, 2.45) is 0 Å². The molecule has 7 nitrogen and oxygen atoms in total. The van der Waals surface area contributed by atoms with Crippen molar-refractivity contribution in [1.29, 1.82) is 0 Å². The number of anilines is 1. The predicted molar refractivity (Wildman–Crippen MR) is 97.4 cm³/mol. The fraction of sp³-hybridized carbons (Fsp3) is 0.611. The molecule has 138 valence electrons. The molecule has 1 aromatic rings. The minimum absolute atomic E-state index is 0.318. The van der Waals surface area contributed by atoms with Crippen LogP contribution >= 0.6 is 0 Å². The van der Waals surface area contributed by atoms with Crippen molar-refractivity contribution in [3.05, 3.63) is 23.7 Å². The van der Waals surface area contributed by atoms with Gasteiger partial charge in [0.25, 0.3) is 0 Å². The van der Waals surface area contributed by atoms with Crippen LogP contribution in [-0.4, -0.2) is 60.8 Å². The van der Waals surface area contributed by atoms with Crippen LogP contribution in [-0.2, 0) is 9.47 Å². The number of esters is 1. The van der Waals surface area contributed by atoms with E-state index in [1.54, 1.807) is 20.1 Å². The third-order valence-electron chi connectivity index (χ3n) is 4.18. The molecular weight excluding hydrogens is 320 g/mol. The first-order valence-electron chi connectivity index (χ1n) is 8.71. The van der Waals surface area contributed by atoms with Gasteiger partial charge >= 0.3 is 5.97 Å². The van der Waals surface area contributed by atoms with E-state index in [4.69, 9.17) is 9.47 Å². The number of methoxy groups -OCH3 is 1. The van der Waals surface area contributed by atoms with Crippen LogP contribution < -0.4 is 5.32 Å². The molecule has 2 rings (SSSR count). The maximum absolute atomic E-state index is 12.1. The second-order valence-corrected chi connectivity index (χ2v) is 6.35. The summed E-state index contributed by atoms with van der Waals surface area (Å²) in [6, 6.07) is 0.325. The fourth-order valence-electron chi connectivity index (χ4n) is 2.80. The average molecular weight is 348 g/mol. The standard InChI is InChI=1S/C18H28N4O3/c1-5-25-17(23)15-12-19-18(21-16(15)10-11-22(2)3)20-13-6-8-14(24-4)9-7-13/h10-14H,5-9H2,1-4H3,(H,19,20,21)/b11-10+. The summed E-state index contributed by atoms with van der Waals surface area (Å²) in [5.41, 5.74) is 0.920. The lowest BCUT2D eigenvalue weighted by atomic mass is 9.93. The van der Waals surface area contributed by atoms with Gasteiger partial charge in [-0.25, -0.2) is 14.8 Å². The minimum atomic E-state index is -0.409. The van der Waals surface area contributed by atoms with E-state index < -0.39 is 5.97 Å². The normalized spacial score (nSPS) is 20.5. The van der Waals surface area contributed by atoms with Crippen LogP contribution in [0.5, 0.6) is 0 Å². The minimum Gasteiger partial charge on any atom is -0.462 e. The van der Waals surface area contributed by atoms with Crippen LogP contribution in [0.4, 0.5) is 5.95 Å². The Balaban J connectivity index is 2.14. The van der Waals surface area contributed by atoms with Crippen molar-refractivity contribution >= 4 is 18.0 Å². The van der Waals surface area contributed by atoms with Crippen molar-refractivity contribution < 1.29 is 14.3 Å². The largest absolute Gasteiger partial charge is 0.462 e. The lowest BCUT2D eigenvalue weighted by Crippen LogP contribution is -2.30. The Kier molecular flexibility index (Phi) is 7.18. The number of hydrogen-bond donors (Lipinski definition) is 1. The quantitative estimate of drug-likeness (QED) is 0.759. The number of ether oxygens (including phenoxy) is 2. The first-order chi connectivity index (χ1) is 12.0. The molecular formula is C18H28N4O3. The molecule has 25 heavy (non-hydrogen) atoms. The topological polar surface area (TPSA) is 76.6 Å². The highest BCUT2D eigenvalue weighted by Crippen LogP contribution is 2.23. The van der Waals surface area contributed by atoms with E-state index in [1.807, 2.05) is 25.2 Å². The van der Waals surface area contributed by atoms with Gasteiger partial charge < -0.3 is 19.7 Å². The van der Waals surface area contributed by atoms with Gasteiger partial charge in [0.2, 0.25) is 5.95 Å². The van der Waals surface area contributed by atoms with Gasteiger partial charge in [0, 0.05) is 39.6 Å². The fourth-order valence-corrected chi connectivity index (χ4v) is 2.80. The Hall–Kier alpha value is -2.15. The van der Waals surface area contributed by atoms with Crippen LogP contribution in [0.2, 0.25) is 0 Å². The van der Waals surface area contributed by atoms with Crippen molar-refractivity contribution in [3.8, 4) is 0 Å². The first kappa shape index (κ1) is 19.2. The van der Waals surface area contributed by atoms with E-state index in [0.717, 1.165) is 25.7 Å². The van der Waals surface area contributed by atoms with Crippen molar-refractivity contribution in [3.63, 3.8) is 0 Å². The van der Waals surface area contributed by atoms with Crippen molar-refractivity contribution in [2.75, 3.05) is 33.1 Å². The zero-order valence-electron chi connectivity index (χ0n) is 15.5. The molecule has 0 spiro atoms. The second kappa shape index (κ2) is 9.36. The molecule has 0 saturated heterocycles. The SMILES string of the molecule is CCOC(=O)c1cnc(NC2CCC(OC)CC2)nc1/C=C/N(C)C. The van der Waals surface area contributed by atoms with Crippen LogP contribution in [0.25, 0.3) is 6.08 Å². The van der Waals surface area contributed by atoms with E-state index in [0.29, 0.717) is 36.0 Å². The molecule has 1 saturated carbocycles. The molecule has 0 atom stereocenters. The molecule has 0 aromatic carbocycles. The zero-order valence-corrected chi connectivity index (χ0v) is 15.5. The smallest absolute Gasteiger partial charge is 0.341 e. The maximum Gasteiger partial charge on any atom is 0.341 e. The maximum atomic E-state index is 12.1. The number of carbonyl (C=O) groups is 1. The van der Waals surface area contributed by atoms with Crippen LogP contribution in [0.1, 0.15) is 48.7 Å². The first-order valence-corrected chi connectivity index (χ1v) is 8.71. The third-order valence-corrected chi connectivity index (χ3v) is 4.18. The number of rotatable bonds is 7. The monoisotopic (exact) mass is 348 g/mol. The number of nitrogens with one attached hydrogen (secondary N) is 1. The Morgan fingerprint density at radius 3 is 2.68 bits per heavy atom. The highest BCUT2D eigenvalue weighted by molar-refractivity contribution is 5.92. The van der Waals surface area contributed by atoms with E-state index in [1.165, 1.54) is 6.20 Å². The van der Waals surface area contributed by atoms with Gasteiger partial charge in [-0.1, -0.05) is 0 Å². The molecule has 0 aliphatic heterocycles. The summed E-state index contributed by atoms with van der Waals surface area (Å²) in [5.74, 6) is 0.125. The van der Waals surface area contributed by atoms with Gasteiger partial charge in [-0.2, -0.15) is 0 Å². The Morgan fingerprint density at radius 1 is 1.36 bits per heavy atom. The highest BCUT2D eigenvalue weighted by atomic mass is 16.5. The Morgan fingerprint density at radius 2 is 2.08 bits per heavy atom. The summed E-state index contributed by atoms with van der Waals surface area (Å²) in [6.07, 6.45) is 9.62. The molecule has 7 heteroatoms. The molecule has 1 fully saturated rings. The van der Waals surface area contributed by atoms with Gasteiger partial charge in [0.15, 0.2) is 0 Å². The highest BCUT2D eigenvalue weighted by Gasteiger charge is 2.22. The summed E-state index contributed by atoms with van der Waals surface area (Å²) < 4.78 is 10.5. The summed E-state index contributed by atoms with van der Waals surface area (Å²) in [4.78, 5) is 22.8. The molecule has 1 N–H and O–H groups in total. The van der Waals surface area contributed by atoms with Gasteiger partial charge in [-0.05, 0) is 38.7 Å². The molecule has 0 amide bonds. The Labute approximate surface area is 149 Å². The van der Waals surface area contributed by atoms with E-state index in [2.05, 4.69) is 15.3 Å². The summed E-state index contributed by atoms with van der Waals surface area (Å²) >= 11 is 0. The number of carbonyl (C=O) groups excluding carboxylic acids is 1. The number of aromatic nitrogens is 2. The summed E-state index contributed by atoms with van der Waals surface area (Å²) in [6.45, 7) is 2.10. The number of nitrogens with zero attached hydrogens (tertiary/aromatic N) is 3.